The topological polar surface area (TPSA) is 0 Å². The quantitative estimate of drug-likeness (QED) is 0.773. The van der Waals surface area contributed by atoms with E-state index in [1.807, 2.05) is 0 Å². The minimum absolute atomic E-state index is 1.03. The molecule has 0 spiro atoms. The summed E-state index contributed by atoms with van der Waals surface area (Å²) in [5.74, 6) is 0. The second kappa shape index (κ2) is 5.15. The van der Waals surface area contributed by atoms with Crippen LogP contribution >= 0.6 is 8.51 Å². The molecular formula is C16H15ClZr. The summed E-state index contributed by atoms with van der Waals surface area (Å²) in [6.07, 6.45) is 15.3. The molecule has 0 unspecified atom stereocenters. The average molecular weight is 334 g/mol. The van der Waals surface area contributed by atoms with Crippen molar-refractivity contribution in [2.75, 3.05) is 0 Å². The molecule has 1 aromatic rings. The van der Waals surface area contributed by atoms with Crippen molar-refractivity contribution < 1.29 is 19.1 Å². The predicted octanol–water partition coefficient (Wildman–Crippen LogP) is 4.31. The van der Waals surface area contributed by atoms with Gasteiger partial charge in [-0.15, -0.1) is 0 Å². The van der Waals surface area contributed by atoms with Crippen molar-refractivity contribution in [1.82, 2.24) is 0 Å². The van der Waals surface area contributed by atoms with Gasteiger partial charge in [-0.3, -0.25) is 0 Å². The van der Waals surface area contributed by atoms with Crippen LogP contribution in [0.15, 0.2) is 73.3 Å². The average Bonchev–Trinajstić information content (AvgIpc) is 3.12. The molecule has 0 aromatic heterocycles. The van der Waals surface area contributed by atoms with Crippen molar-refractivity contribution in [3.8, 4) is 0 Å². The first-order valence-electron chi connectivity index (χ1n) is 6.28. The van der Waals surface area contributed by atoms with Crippen LogP contribution in [-0.4, -0.2) is 0 Å². The molecule has 2 aliphatic rings. The third-order valence-corrected chi connectivity index (χ3v) is 16.7. The normalized spacial score (nSPS) is 18.1. The summed E-state index contributed by atoms with van der Waals surface area (Å²) in [4.78, 5) is 0. The van der Waals surface area contributed by atoms with E-state index in [1.54, 1.807) is 0 Å². The van der Waals surface area contributed by atoms with Gasteiger partial charge in [0.2, 0.25) is 0 Å². The molecule has 0 atom stereocenters. The summed E-state index contributed by atoms with van der Waals surface area (Å²) in [5, 5.41) is 0. The van der Waals surface area contributed by atoms with Crippen LogP contribution in [0.3, 0.4) is 0 Å². The van der Waals surface area contributed by atoms with E-state index in [1.165, 1.54) is 9.83 Å². The summed E-state index contributed by atoms with van der Waals surface area (Å²) in [5.41, 5.74) is 0. The number of hydrogen-bond acceptors (Lipinski definition) is 0. The van der Waals surface area contributed by atoms with E-state index in [2.05, 4.69) is 66.8 Å². The first-order chi connectivity index (χ1) is 8.82. The molecule has 0 fully saturated rings. The van der Waals surface area contributed by atoms with Gasteiger partial charge in [0.1, 0.15) is 0 Å². The van der Waals surface area contributed by atoms with Crippen molar-refractivity contribution in [3.05, 3.63) is 73.3 Å². The van der Waals surface area contributed by atoms with Crippen molar-refractivity contribution in [2.45, 2.75) is 12.8 Å². The Morgan fingerprint density at radius 3 is 1.83 bits per heavy atom. The molecule has 2 aliphatic carbocycles. The van der Waals surface area contributed by atoms with E-state index >= 15 is 0 Å². The Labute approximate surface area is 116 Å². The van der Waals surface area contributed by atoms with Crippen LogP contribution in [0.1, 0.15) is 12.8 Å². The van der Waals surface area contributed by atoms with Gasteiger partial charge in [0.15, 0.2) is 0 Å². The van der Waals surface area contributed by atoms with Crippen LogP contribution in [0, 0.1) is 0 Å². The first kappa shape index (κ1) is 12.4. The molecule has 0 aliphatic heterocycles. The van der Waals surface area contributed by atoms with Gasteiger partial charge in [0.05, 0.1) is 0 Å². The van der Waals surface area contributed by atoms with Crippen LogP contribution in [0.5, 0.6) is 0 Å². The second-order valence-electron chi connectivity index (χ2n) is 4.67. The Bertz CT molecular complexity index is 534. The summed E-state index contributed by atoms with van der Waals surface area (Å²) in [6.45, 7) is 0. The van der Waals surface area contributed by atoms with Gasteiger partial charge in [-0.05, 0) is 0 Å². The van der Waals surface area contributed by atoms with E-state index in [9.17, 15) is 0 Å². The van der Waals surface area contributed by atoms with Gasteiger partial charge in [0.25, 0.3) is 0 Å². The maximum absolute atomic E-state index is 7.27. The molecule has 2 heteroatoms. The van der Waals surface area contributed by atoms with Crippen molar-refractivity contribution >= 4 is 11.8 Å². The van der Waals surface area contributed by atoms with Crippen LogP contribution in [0.4, 0.5) is 0 Å². The van der Waals surface area contributed by atoms with Crippen molar-refractivity contribution in [1.29, 1.82) is 0 Å². The summed E-state index contributed by atoms with van der Waals surface area (Å²) < 4.78 is 4.33. The molecule has 0 N–H and O–H groups in total. The van der Waals surface area contributed by atoms with E-state index < -0.39 is 19.1 Å². The number of allylic oxidation sites excluding steroid dienone is 8. The summed E-state index contributed by atoms with van der Waals surface area (Å²) in [6, 6.07) is 10.7. The summed E-state index contributed by atoms with van der Waals surface area (Å²) >= 11 is -3.07. The number of hydrogen-bond donors (Lipinski definition) is 0. The Morgan fingerprint density at radius 1 is 0.833 bits per heavy atom. The van der Waals surface area contributed by atoms with Crippen LogP contribution in [0.25, 0.3) is 0 Å². The zero-order valence-electron chi connectivity index (χ0n) is 10.1. The molecule has 0 radical (unpaired) electrons. The van der Waals surface area contributed by atoms with Gasteiger partial charge in [-0.2, -0.15) is 0 Å². The zero-order valence-corrected chi connectivity index (χ0v) is 13.4. The number of rotatable bonds is 3. The van der Waals surface area contributed by atoms with Crippen molar-refractivity contribution in [3.63, 3.8) is 0 Å². The predicted molar refractivity (Wildman–Crippen MR) is 75.6 cm³/mol. The van der Waals surface area contributed by atoms with Gasteiger partial charge in [-0.1, -0.05) is 0 Å². The Hall–Kier alpha value is -0.647. The molecular weight excluding hydrogens is 319 g/mol. The Kier molecular flexibility index (Phi) is 3.55. The molecule has 0 amide bonds. The maximum atomic E-state index is 7.27. The molecule has 3 rings (SSSR count). The molecule has 1 aromatic carbocycles. The number of halogens is 1. The van der Waals surface area contributed by atoms with Gasteiger partial charge < -0.3 is 0 Å². The molecule has 18 heavy (non-hydrogen) atoms. The molecule has 0 heterocycles. The molecule has 0 saturated carbocycles. The third-order valence-electron chi connectivity index (χ3n) is 3.60. The molecule has 90 valence electrons. The standard InChI is InChI=1S/C6H5.2C5H5.ClH.Zr/c1-2-4-6-5-3-1;2*1-2-4-5-3-1;;/h1-5H;2*1-3H,4H2;1H;/q;;;;+1/p-1. The Morgan fingerprint density at radius 2 is 1.39 bits per heavy atom. The molecule has 0 bridgehead atoms. The van der Waals surface area contributed by atoms with Crippen LogP contribution in [-0.2, 0) is 19.1 Å². The first-order valence-corrected chi connectivity index (χ1v) is 13.1. The van der Waals surface area contributed by atoms with E-state index in [4.69, 9.17) is 8.51 Å². The zero-order chi connectivity index (χ0) is 12.4. The second-order valence-corrected chi connectivity index (χ2v) is 15.8. The SMILES string of the molecule is [Cl][Zr]([C]1=CC=CC1)([C]1=CC=CC1)[c]1ccccc1. The van der Waals surface area contributed by atoms with Gasteiger partial charge >= 0.3 is 117 Å². The molecule has 0 saturated heterocycles. The number of benzene rings is 1. The van der Waals surface area contributed by atoms with E-state index in [0.29, 0.717) is 0 Å². The van der Waals surface area contributed by atoms with Crippen LogP contribution in [0.2, 0.25) is 0 Å². The third kappa shape index (κ3) is 2.04. The minimum atomic E-state index is -3.07. The van der Waals surface area contributed by atoms with Gasteiger partial charge in [-0.25, -0.2) is 0 Å². The van der Waals surface area contributed by atoms with E-state index in [0.717, 1.165) is 12.8 Å². The summed E-state index contributed by atoms with van der Waals surface area (Å²) in [7, 11) is 7.27. The fraction of sp³-hybridized carbons (Fsp3) is 0.125. The van der Waals surface area contributed by atoms with Crippen LogP contribution < -0.4 is 3.27 Å². The van der Waals surface area contributed by atoms with Gasteiger partial charge in [0, 0.05) is 0 Å². The van der Waals surface area contributed by atoms with Crippen molar-refractivity contribution in [2.24, 2.45) is 0 Å². The fourth-order valence-corrected chi connectivity index (χ4v) is 13.1. The Balaban J connectivity index is 2.09. The molecule has 0 nitrogen and oxygen atoms in total. The van der Waals surface area contributed by atoms with E-state index in [-0.39, 0.29) is 0 Å². The fourth-order valence-electron chi connectivity index (χ4n) is 2.65. The monoisotopic (exact) mass is 332 g/mol.